The van der Waals surface area contributed by atoms with Gasteiger partial charge < -0.3 is 24.2 Å². The lowest BCUT2D eigenvalue weighted by atomic mass is 9.44. The number of imidazole rings is 1. The quantitative estimate of drug-likeness (QED) is 0.232. The van der Waals surface area contributed by atoms with Gasteiger partial charge in [0, 0.05) is 68.3 Å². The van der Waals surface area contributed by atoms with Crippen LogP contribution in [0.5, 0.6) is 0 Å². The van der Waals surface area contributed by atoms with Crippen molar-refractivity contribution in [2.75, 3.05) is 6.54 Å². The van der Waals surface area contributed by atoms with Gasteiger partial charge in [-0.3, -0.25) is 4.98 Å². The predicted molar refractivity (Wildman–Crippen MR) is 147 cm³/mol. The number of nitrogens with one attached hydrogen (secondary N) is 3. The lowest BCUT2D eigenvalue weighted by Gasteiger charge is -2.62. The molecule has 192 valence electrons. The molecule has 5 aromatic rings. The lowest BCUT2D eigenvalue weighted by Crippen LogP contribution is -2.56. The standard InChI is InChI=1S/C29H31N9/c1-36-6-4-22-5-7-38(28(22)36)25-8-23(13-31-15-25)26(35-30)16-32-14-24-18-37-17-20(2-3-27(37)34-24)12-33-19-29-9-21(10-29)11-29/h2-8,13,15-18,21,30,32-33H,9-12,14,19H2,1H3/b26-16-,35-30?. The summed E-state index contributed by atoms with van der Waals surface area (Å²) in [6, 6.07) is 10.4. The van der Waals surface area contributed by atoms with Crippen molar-refractivity contribution in [2.24, 2.45) is 23.5 Å². The smallest absolute Gasteiger partial charge is 0.137 e. The maximum absolute atomic E-state index is 7.74. The fourth-order valence-electron chi connectivity index (χ4n) is 6.17. The van der Waals surface area contributed by atoms with Crippen molar-refractivity contribution >= 4 is 22.4 Å². The maximum Gasteiger partial charge on any atom is 0.137 e. The minimum Gasteiger partial charge on any atom is -0.383 e. The van der Waals surface area contributed by atoms with Gasteiger partial charge in [-0.05, 0) is 60.4 Å². The highest BCUT2D eigenvalue weighted by molar-refractivity contribution is 5.80. The number of rotatable bonds is 10. The molecule has 0 aliphatic heterocycles. The molecule has 0 atom stereocenters. The Labute approximate surface area is 220 Å². The largest absolute Gasteiger partial charge is 0.383 e. The van der Waals surface area contributed by atoms with Crippen molar-refractivity contribution in [1.29, 1.82) is 5.53 Å². The van der Waals surface area contributed by atoms with Crippen molar-refractivity contribution < 1.29 is 0 Å². The summed E-state index contributed by atoms with van der Waals surface area (Å²) in [5.74, 6) is 1.03. The van der Waals surface area contributed by atoms with Gasteiger partial charge in [0.15, 0.2) is 0 Å². The van der Waals surface area contributed by atoms with Gasteiger partial charge in [0.1, 0.15) is 17.0 Å². The summed E-state index contributed by atoms with van der Waals surface area (Å²) in [5.41, 5.74) is 14.8. The Balaban J connectivity index is 1.02. The van der Waals surface area contributed by atoms with E-state index in [9.17, 15) is 0 Å². The van der Waals surface area contributed by atoms with Crippen LogP contribution in [0.4, 0.5) is 0 Å². The molecule has 0 radical (unpaired) electrons. The molecule has 38 heavy (non-hydrogen) atoms. The summed E-state index contributed by atoms with van der Waals surface area (Å²) >= 11 is 0. The number of aromatic nitrogens is 5. The first kappa shape index (κ1) is 22.9. The number of aryl methyl sites for hydroxylation is 1. The van der Waals surface area contributed by atoms with E-state index in [1.54, 1.807) is 12.4 Å². The van der Waals surface area contributed by atoms with Crippen LogP contribution in [0.25, 0.3) is 28.1 Å². The van der Waals surface area contributed by atoms with Gasteiger partial charge in [-0.25, -0.2) is 10.5 Å². The molecule has 2 bridgehead atoms. The monoisotopic (exact) mass is 505 g/mol. The summed E-state index contributed by atoms with van der Waals surface area (Å²) in [7, 11) is 2.03. The van der Waals surface area contributed by atoms with Crippen LogP contribution in [0.15, 0.2) is 78.8 Å². The van der Waals surface area contributed by atoms with Crippen molar-refractivity contribution in [1.82, 2.24) is 34.1 Å². The second kappa shape index (κ2) is 8.95. The Morgan fingerprint density at radius 2 is 2.00 bits per heavy atom. The van der Waals surface area contributed by atoms with E-state index in [0.717, 1.165) is 47.2 Å². The molecular formula is C29H31N9. The number of nitrogens with zero attached hydrogens (tertiary/aromatic N) is 6. The van der Waals surface area contributed by atoms with Crippen LogP contribution in [-0.4, -0.2) is 30.0 Å². The second-order valence-electron chi connectivity index (χ2n) is 11.0. The molecule has 5 aromatic heterocycles. The Bertz CT molecular complexity index is 1670. The summed E-state index contributed by atoms with van der Waals surface area (Å²) in [6.07, 6.45) is 17.9. The summed E-state index contributed by atoms with van der Waals surface area (Å²) in [5, 5.41) is 11.9. The molecule has 5 heterocycles. The normalized spacial score (nSPS) is 20.4. The third-order valence-corrected chi connectivity index (χ3v) is 8.20. The fourth-order valence-corrected chi connectivity index (χ4v) is 6.17. The fraction of sp³-hybridized carbons (Fsp3) is 0.310. The van der Waals surface area contributed by atoms with Crippen molar-refractivity contribution in [2.45, 2.75) is 32.4 Å². The van der Waals surface area contributed by atoms with Gasteiger partial charge in [0.05, 0.1) is 24.1 Å². The highest BCUT2D eigenvalue weighted by atomic mass is 15.1. The van der Waals surface area contributed by atoms with E-state index < -0.39 is 0 Å². The number of hydrogen-bond acceptors (Lipinski definition) is 6. The first-order valence-corrected chi connectivity index (χ1v) is 13.2. The minimum atomic E-state index is 0.510. The van der Waals surface area contributed by atoms with E-state index in [0.29, 0.717) is 17.7 Å². The van der Waals surface area contributed by atoms with E-state index >= 15 is 0 Å². The van der Waals surface area contributed by atoms with E-state index in [4.69, 9.17) is 10.5 Å². The molecule has 3 aliphatic rings. The predicted octanol–water partition coefficient (Wildman–Crippen LogP) is 5.02. The van der Waals surface area contributed by atoms with Gasteiger partial charge in [-0.2, -0.15) is 5.11 Å². The molecule has 3 aliphatic carbocycles. The molecule has 0 unspecified atom stereocenters. The van der Waals surface area contributed by atoms with Crippen molar-refractivity contribution in [3.8, 4) is 5.69 Å². The van der Waals surface area contributed by atoms with E-state index in [2.05, 4.69) is 70.9 Å². The SMILES string of the molecule is Cn1ccc2ccn(-c3cncc(/C(=C/NCc4cn5cc(CNCC67CC(C6)C7)ccc5n4)N=N)c3)c21. The maximum atomic E-state index is 7.74. The number of hydrogen-bond donors (Lipinski definition) is 3. The lowest BCUT2D eigenvalue weighted by molar-refractivity contribution is -0.103. The van der Waals surface area contributed by atoms with Crippen LogP contribution in [0.2, 0.25) is 0 Å². The molecule has 9 nitrogen and oxygen atoms in total. The Hall–Kier alpha value is -4.24. The first-order chi connectivity index (χ1) is 18.6. The van der Waals surface area contributed by atoms with Crippen LogP contribution in [-0.2, 0) is 20.1 Å². The Kier molecular flexibility index (Phi) is 5.40. The van der Waals surface area contributed by atoms with E-state index in [-0.39, 0.29) is 0 Å². The summed E-state index contributed by atoms with van der Waals surface area (Å²) in [6.45, 7) is 2.56. The summed E-state index contributed by atoms with van der Waals surface area (Å²) in [4.78, 5) is 9.15. The molecular weight excluding hydrogens is 474 g/mol. The van der Waals surface area contributed by atoms with E-state index in [1.165, 1.54) is 30.2 Å². The van der Waals surface area contributed by atoms with Gasteiger partial charge in [0.25, 0.3) is 0 Å². The highest BCUT2D eigenvalue weighted by Gasteiger charge is 2.55. The van der Waals surface area contributed by atoms with Gasteiger partial charge in [0.2, 0.25) is 0 Å². The van der Waals surface area contributed by atoms with Crippen LogP contribution >= 0.6 is 0 Å². The zero-order chi connectivity index (χ0) is 25.7. The van der Waals surface area contributed by atoms with E-state index in [1.807, 2.05) is 31.7 Å². The Morgan fingerprint density at radius 1 is 1.13 bits per heavy atom. The van der Waals surface area contributed by atoms with Crippen molar-refractivity contribution in [3.05, 3.63) is 90.5 Å². The molecule has 0 saturated heterocycles. The van der Waals surface area contributed by atoms with Crippen LogP contribution in [0, 0.1) is 16.9 Å². The molecule has 0 aromatic carbocycles. The highest BCUT2D eigenvalue weighted by Crippen LogP contribution is 2.63. The average Bonchev–Trinajstić information content (AvgIpc) is 3.58. The molecule has 0 spiro atoms. The molecule has 3 N–H and O–H groups in total. The number of pyridine rings is 2. The molecule has 3 fully saturated rings. The van der Waals surface area contributed by atoms with Crippen LogP contribution < -0.4 is 10.6 Å². The van der Waals surface area contributed by atoms with Crippen LogP contribution in [0.1, 0.15) is 36.1 Å². The van der Waals surface area contributed by atoms with Gasteiger partial charge in [-0.1, -0.05) is 6.07 Å². The minimum absolute atomic E-state index is 0.510. The molecule has 9 heteroatoms. The molecule has 0 amide bonds. The molecule has 8 rings (SSSR count). The second-order valence-corrected chi connectivity index (χ2v) is 11.0. The third-order valence-electron chi connectivity index (χ3n) is 8.20. The third kappa shape index (κ3) is 3.99. The average molecular weight is 506 g/mol. The first-order valence-electron chi connectivity index (χ1n) is 13.2. The topological polar surface area (TPSA) is 100 Å². The summed E-state index contributed by atoms with van der Waals surface area (Å²) < 4.78 is 6.26. The Morgan fingerprint density at radius 3 is 2.82 bits per heavy atom. The molecule has 3 saturated carbocycles. The van der Waals surface area contributed by atoms with Crippen molar-refractivity contribution in [3.63, 3.8) is 0 Å². The zero-order valence-corrected chi connectivity index (χ0v) is 21.4. The number of fused-ring (bicyclic) bond motifs is 2. The van der Waals surface area contributed by atoms with Gasteiger partial charge in [-0.15, -0.1) is 0 Å². The zero-order valence-electron chi connectivity index (χ0n) is 21.4. The van der Waals surface area contributed by atoms with Crippen LogP contribution in [0.3, 0.4) is 0 Å². The van der Waals surface area contributed by atoms with Gasteiger partial charge >= 0.3 is 0 Å².